The minimum absolute atomic E-state index is 0.0280. The highest BCUT2D eigenvalue weighted by Crippen LogP contribution is 2.08. The van der Waals surface area contributed by atoms with Crippen LogP contribution in [0.4, 0.5) is 4.79 Å². The van der Waals surface area contributed by atoms with Crippen LogP contribution in [0.5, 0.6) is 0 Å². The number of nitrogens with one attached hydrogen (secondary N) is 2. The van der Waals surface area contributed by atoms with E-state index in [9.17, 15) is 19.2 Å². The van der Waals surface area contributed by atoms with Gasteiger partial charge in [0.15, 0.2) is 0 Å². The fourth-order valence-corrected chi connectivity index (χ4v) is 1.91. The molecule has 148 valence electrons. The van der Waals surface area contributed by atoms with Crippen LogP contribution < -0.4 is 10.6 Å². The Bertz CT molecular complexity index is 526. The Morgan fingerprint density at radius 3 is 2.00 bits per heavy atom. The normalized spacial score (nSPS) is 13.0. The number of methoxy groups -OCH3 is 2. The smallest absolute Gasteiger partial charge is 0.408 e. The van der Waals surface area contributed by atoms with Crippen LogP contribution in [0.25, 0.3) is 0 Å². The first-order chi connectivity index (χ1) is 12.0. The van der Waals surface area contributed by atoms with E-state index in [-0.39, 0.29) is 19.3 Å². The Morgan fingerprint density at radius 2 is 1.54 bits per heavy atom. The predicted octanol–water partition coefficient (Wildman–Crippen LogP) is 1.07. The highest BCUT2D eigenvalue weighted by atomic mass is 16.6. The lowest BCUT2D eigenvalue weighted by Crippen LogP contribution is -2.45. The first-order valence-electron chi connectivity index (χ1n) is 8.09. The minimum atomic E-state index is -1.06. The van der Waals surface area contributed by atoms with Gasteiger partial charge < -0.3 is 24.8 Å². The van der Waals surface area contributed by atoms with E-state index in [2.05, 4.69) is 26.7 Å². The molecule has 0 rings (SSSR count). The summed E-state index contributed by atoms with van der Waals surface area (Å²) in [7, 11) is 2.38. The molecule has 2 N–H and O–H groups in total. The fourth-order valence-electron chi connectivity index (χ4n) is 1.91. The van der Waals surface area contributed by atoms with Crippen molar-refractivity contribution in [3.8, 4) is 0 Å². The van der Waals surface area contributed by atoms with Crippen LogP contribution in [0.2, 0.25) is 0 Å². The Kier molecular flexibility index (Phi) is 10.0. The third-order valence-electron chi connectivity index (χ3n) is 3.06. The third kappa shape index (κ3) is 9.65. The van der Waals surface area contributed by atoms with Crippen molar-refractivity contribution in [1.82, 2.24) is 10.6 Å². The molecule has 9 heteroatoms. The van der Waals surface area contributed by atoms with E-state index >= 15 is 0 Å². The van der Waals surface area contributed by atoms with Crippen molar-refractivity contribution in [3.63, 3.8) is 0 Å². The first kappa shape index (κ1) is 23.4. The third-order valence-corrected chi connectivity index (χ3v) is 3.06. The minimum Gasteiger partial charge on any atom is -0.467 e. The van der Waals surface area contributed by atoms with E-state index in [0.29, 0.717) is 0 Å². The maximum atomic E-state index is 12.0. The lowest BCUT2D eigenvalue weighted by atomic mass is 10.1. The molecule has 0 aromatic carbocycles. The van der Waals surface area contributed by atoms with Gasteiger partial charge in [0.1, 0.15) is 17.7 Å². The number of esters is 2. The zero-order chi connectivity index (χ0) is 20.3. The van der Waals surface area contributed by atoms with Crippen LogP contribution in [-0.2, 0) is 28.6 Å². The monoisotopic (exact) mass is 372 g/mol. The molecular formula is C17H28N2O7. The summed E-state index contributed by atoms with van der Waals surface area (Å²) in [4.78, 5) is 47.2. The molecule has 0 aliphatic carbocycles. The molecule has 0 aromatic heterocycles. The van der Waals surface area contributed by atoms with Crippen LogP contribution in [0.1, 0.15) is 40.0 Å². The highest BCUT2D eigenvalue weighted by Gasteiger charge is 2.26. The molecule has 0 saturated carbocycles. The molecule has 2 atom stereocenters. The fraction of sp³-hybridized carbons (Fsp3) is 0.647. The second-order valence-electron chi connectivity index (χ2n) is 6.43. The number of ether oxygens (including phenoxy) is 3. The Balaban J connectivity index is 4.75. The van der Waals surface area contributed by atoms with Gasteiger partial charge in [-0.05, 0) is 33.6 Å². The van der Waals surface area contributed by atoms with E-state index < -0.39 is 41.6 Å². The van der Waals surface area contributed by atoms with Crippen molar-refractivity contribution in [3.05, 3.63) is 12.7 Å². The number of rotatable bonds is 9. The van der Waals surface area contributed by atoms with Gasteiger partial charge in [0.05, 0.1) is 14.2 Å². The van der Waals surface area contributed by atoms with Crippen molar-refractivity contribution in [1.29, 1.82) is 0 Å². The van der Waals surface area contributed by atoms with Crippen molar-refractivity contribution in [2.24, 2.45) is 0 Å². The maximum absolute atomic E-state index is 12.0. The Morgan fingerprint density at radius 1 is 1.00 bits per heavy atom. The summed E-state index contributed by atoms with van der Waals surface area (Å²) >= 11 is 0. The Labute approximate surface area is 153 Å². The van der Waals surface area contributed by atoms with E-state index in [1.165, 1.54) is 20.3 Å². The van der Waals surface area contributed by atoms with Gasteiger partial charge in [-0.25, -0.2) is 14.4 Å². The number of amides is 2. The van der Waals surface area contributed by atoms with Gasteiger partial charge in [0.25, 0.3) is 0 Å². The van der Waals surface area contributed by atoms with Crippen molar-refractivity contribution in [2.75, 3.05) is 14.2 Å². The SMILES string of the molecule is C=CCC(NC(=O)CC[C@H](NC(=O)OC(C)(C)C)C(=O)OC)C(=O)OC. The van der Waals surface area contributed by atoms with Crippen molar-refractivity contribution in [2.45, 2.75) is 57.7 Å². The molecule has 2 amide bonds. The lowest BCUT2D eigenvalue weighted by Gasteiger charge is -2.22. The van der Waals surface area contributed by atoms with E-state index in [4.69, 9.17) is 4.74 Å². The molecule has 0 fully saturated rings. The molecule has 0 bridgehead atoms. The van der Waals surface area contributed by atoms with Crippen LogP contribution in [0.3, 0.4) is 0 Å². The van der Waals surface area contributed by atoms with Gasteiger partial charge in [-0.1, -0.05) is 6.08 Å². The van der Waals surface area contributed by atoms with Crippen molar-refractivity contribution < 1.29 is 33.4 Å². The molecule has 9 nitrogen and oxygen atoms in total. The molecule has 1 unspecified atom stereocenters. The molecule has 0 aliphatic rings. The number of alkyl carbamates (subject to hydrolysis) is 1. The van der Waals surface area contributed by atoms with Gasteiger partial charge in [-0.3, -0.25) is 4.79 Å². The number of carbonyl (C=O) groups excluding carboxylic acids is 4. The van der Waals surface area contributed by atoms with Crippen LogP contribution in [-0.4, -0.2) is 55.8 Å². The molecule has 0 spiro atoms. The van der Waals surface area contributed by atoms with Gasteiger partial charge in [0, 0.05) is 6.42 Å². The molecular weight excluding hydrogens is 344 g/mol. The second-order valence-corrected chi connectivity index (χ2v) is 6.43. The van der Waals surface area contributed by atoms with Gasteiger partial charge in [0.2, 0.25) is 5.91 Å². The predicted molar refractivity (Wildman–Crippen MR) is 93.2 cm³/mol. The van der Waals surface area contributed by atoms with Crippen LogP contribution >= 0.6 is 0 Å². The average Bonchev–Trinajstić information content (AvgIpc) is 2.55. The number of hydrogen-bond donors (Lipinski definition) is 2. The summed E-state index contributed by atoms with van der Waals surface area (Å²) in [6.07, 6.45) is 0.727. The zero-order valence-electron chi connectivity index (χ0n) is 15.9. The quantitative estimate of drug-likeness (QED) is 0.353. The summed E-state index contributed by atoms with van der Waals surface area (Å²) in [6, 6.07) is -1.92. The van der Waals surface area contributed by atoms with E-state index in [1.54, 1.807) is 20.8 Å². The maximum Gasteiger partial charge on any atom is 0.408 e. The molecule has 26 heavy (non-hydrogen) atoms. The molecule has 0 saturated heterocycles. The second kappa shape index (κ2) is 11.1. The van der Waals surface area contributed by atoms with Crippen molar-refractivity contribution >= 4 is 23.9 Å². The summed E-state index contributed by atoms with van der Waals surface area (Å²) in [5.74, 6) is -1.80. The lowest BCUT2D eigenvalue weighted by molar-refractivity contribution is -0.145. The summed E-state index contributed by atoms with van der Waals surface area (Å²) < 4.78 is 14.3. The summed E-state index contributed by atoms with van der Waals surface area (Å²) in [6.45, 7) is 8.55. The summed E-state index contributed by atoms with van der Waals surface area (Å²) in [5.41, 5.74) is -0.736. The van der Waals surface area contributed by atoms with Gasteiger partial charge in [-0.2, -0.15) is 0 Å². The Hall–Kier alpha value is -2.58. The average molecular weight is 372 g/mol. The standard InChI is InChI=1S/C17H28N2O7/c1-7-8-11(14(21)24-5)18-13(20)10-9-12(15(22)25-6)19-16(23)26-17(2,3)4/h7,11-12H,1,8-10H2,2-6H3,(H,18,20)(H,19,23)/t11?,12-/m0/s1. The highest BCUT2D eigenvalue weighted by molar-refractivity contribution is 5.86. The molecule has 0 aromatic rings. The van der Waals surface area contributed by atoms with E-state index in [1.807, 2.05) is 0 Å². The van der Waals surface area contributed by atoms with Gasteiger partial charge in [-0.15, -0.1) is 6.58 Å². The number of carbonyl (C=O) groups is 4. The first-order valence-corrected chi connectivity index (χ1v) is 8.09. The number of hydrogen-bond acceptors (Lipinski definition) is 7. The largest absolute Gasteiger partial charge is 0.467 e. The van der Waals surface area contributed by atoms with E-state index in [0.717, 1.165) is 0 Å². The summed E-state index contributed by atoms with van der Waals surface area (Å²) in [5, 5.41) is 4.86. The molecule has 0 heterocycles. The van der Waals surface area contributed by atoms with Gasteiger partial charge >= 0.3 is 18.0 Å². The zero-order valence-corrected chi connectivity index (χ0v) is 15.9. The van der Waals surface area contributed by atoms with Crippen LogP contribution in [0, 0.1) is 0 Å². The molecule has 0 radical (unpaired) electrons. The molecule has 0 aliphatic heterocycles. The van der Waals surface area contributed by atoms with Crippen LogP contribution in [0.15, 0.2) is 12.7 Å². The topological polar surface area (TPSA) is 120 Å².